The van der Waals surface area contributed by atoms with Crippen LogP contribution in [0.25, 0.3) is 11.3 Å². The van der Waals surface area contributed by atoms with E-state index in [2.05, 4.69) is 24.7 Å². The maximum atomic E-state index is 14.7. The summed E-state index contributed by atoms with van der Waals surface area (Å²) >= 11 is 0. The second-order valence-corrected chi connectivity index (χ2v) is 8.65. The van der Waals surface area contributed by atoms with Crippen molar-refractivity contribution in [3.63, 3.8) is 0 Å². The zero-order valence-corrected chi connectivity index (χ0v) is 20.5. The fourth-order valence-corrected chi connectivity index (χ4v) is 4.31. The highest BCUT2D eigenvalue weighted by Crippen LogP contribution is 2.35. The van der Waals surface area contributed by atoms with Gasteiger partial charge >= 0.3 is 6.36 Å². The van der Waals surface area contributed by atoms with Crippen LogP contribution in [0.15, 0.2) is 66.0 Å². The van der Waals surface area contributed by atoms with Crippen molar-refractivity contribution in [3.8, 4) is 22.8 Å². The lowest BCUT2D eigenvalue weighted by Gasteiger charge is -2.14. The Morgan fingerprint density at radius 2 is 1.87 bits per heavy atom. The molecule has 0 aliphatic carbocycles. The van der Waals surface area contributed by atoms with Crippen LogP contribution >= 0.6 is 0 Å². The summed E-state index contributed by atoms with van der Waals surface area (Å²) in [6.07, 6.45) is 0.467. The van der Waals surface area contributed by atoms with Crippen LogP contribution in [0.3, 0.4) is 0 Å². The van der Waals surface area contributed by atoms with Gasteiger partial charge in [0.05, 0.1) is 18.5 Å². The molecular formula is C28H20F4N4O3. The lowest BCUT2D eigenvalue weighted by Crippen LogP contribution is -2.18. The third kappa shape index (κ3) is 5.77. The summed E-state index contributed by atoms with van der Waals surface area (Å²) in [5.41, 5.74) is 4.28. The molecule has 0 N–H and O–H groups in total. The van der Waals surface area contributed by atoms with Gasteiger partial charge in [-0.2, -0.15) is 0 Å². The number of pyridine rings is 1. The first-order valence-electron chi connectivity index (χ1n) is 11.8. The van der Waals surface area contributed by atoms with Gasteiger partial charge in [-0.3, -0.25) is 14.8 Å². The topological polar surface area (TPSA) is 86.6 Å². The number of nitrogens with zero attached hydrogens (tertiary/aromatic N) is 4. The fourth-order valence-electron chi connectivity index (χ4n) is 4.31. The number of hydrogen-bond donors (Lipinski definition) is 0. The Labute approximate surface area is 220 Å². The molecule has 11 heteroatoms. The molecule has 0 atom stereocenters. The molecule has 5 rings (SSSR count). The molecule has 0 amide bonds. The van der Waals surface area contributed by atoms with E-state index in [1.54, 1.807) is 30.6 Å². The minimum absolute atomic E-state index is 0.0787. The number of alkyl halides is 3. The zero-order valence-electron chi connectivity index (χ0n) is 20.5. The van der Waals surface area contributed by atoms with E-state index in [1.165, 1.54) is 31.6 Å². The lowest BCUT2D eigenvalue weighted by molar-refractivity contribution is -0.275. The van der Waals surface area contributed by atoms with Gasteiger partial charge in [0.2, 0.25) is 0 Å². The Morgan fingerprint density at radius 1 is 1.03 bits per heavy atom. The highest BCUT2D eigenvalue weighted by Gasteiger charge is 2.33. The van der Waals surface area contributed by atoms with Gasteiger partial charge in [-0.25, -0.2) is 14.4 Å². The van der Waals surface area contributed by atoms with Gasteiger partial charge in [0.1, 0.15) is 23.5 Å². The smallest absolute Gasteiger partial charge is 0.493 e. The minimum atomic E-state index is -4.97. The number of carbonyl (C=O) groups is 1. The largest absolute Gasteiger partial charge is 0.573 e. The van der Waals surface area contributed by atoms with E-state index in [4.69, 9.17) is 4.74 Å². The van der Waals surface area contributed by atoms with E-state index >= 15 is 0 Å². The first-order valence-corrected chi connectivity index (χ1v) is 11.8. The van der Waals surface area contributed by atoms with Gasteiger partial charge in [0.25, 0.3) is 0 Å². The summed E-state index contributed by atoms with van der Waals surface area (Å²) in [6, 6.07) is 11.5. The highest BCUT2D eigenvalue weighted by atomic mass is 19.4. The van der Waals surface area contributed by atoms with Crippen LogP contribution in [-0.4, -0.2) is 40.4 Å². The average Bonchev–Trinajstić information content (AvgIpc) is 3.39. The molecule has 198 valence electrons. The number of ketones is 1. The zero-order chi connectivity index (χ0) is 27.6. The van der Waals surface area contributed by atoms with Gasteiger partial charge in [0.15, 0.2) is 17.3 Å². The van der Waals surface area contributed by atoms with Crippen LogP contribution in [0.1, 0.15) is 32.9 Å². The minimum Gasteiger partial charge on any atom is -0.493 e. The molecule has 0 unspecified atom stereocenters. The summed E-state index contributed by atoms with van der Waals surface area (Å²) < 4.78 is 61.9. The molecule has 7 nitrogen and oxygen atoms in total. The fraction of sp³-hybridized carbons (Fsp3) is 0.179. The van der Waals surface area contributed by atoms with Crippen molar-refractivity contribution >= 4 is 17.7 Å². The predicted molar refractivity (Wildman–Crippen MR) is 134 cm³/mol. The lowest BCUT2D eigenvalue weighted by atomic mass is 9.97. The molecular weight excluding hydrogens is 516 g/mol. The molecule has 3 heterocycles. The Balaban J connectivity index is 1.40. The molecule has 2 aromatic heterocycles. The van der Waals surface area contributed by atoms with Crippen LogP contribution in [0.2, 0.25) is 0 Å². The number of halogens is 4. The number of Topliss-reactive ketones (excluding diaryl/α,β-unsaturated/α-hetero) is 1. The Morgan fingerprint density at radius 3 is 2.67 bits per heavy atom. The Bertz CT molecular complexity index is 1590. The quantitative estimate of drug-likeness (QED) is 0.207. The Hall–Kier alpha value is -4.67. The number of hydrogen-bond acceptors (Lipinski definition) is 7. The summed E-state index contributed by atoms with van der Waals surface area (Å²) in [5, 5.41) is 0. The van der Waals surface area contributed by atoms with Crippen molar-refractivity contribution in [1.82, 2.24) is 15.0 Å². The number of methoxy groups -OCH3 is 1. The van der Waals surface area contributed by atoms with Crippen molar-refractivity contribution in [3.05, 3.63) is 95.0 Å². The van der Waals surface area contributed by atoms with Gasteiger partial charge in [0, 0.05) is 42.8 Å². The molecule has 0 saturated carbocycles. The van der Waals surface area contributed by atoms with Crippen LogP contribution in [0.4, 0.5) is 23.2 Å². The molecule has 0 saturated heterocycles. The molecule has 0 radical (unpaired) electrons. The van der Waals surface area contributed by atoms with Crippen molar-refractivity contribution in [2.75, 3.05) is 7.11 Å². The number of carbonyl (C=O) groups excluding carboxylic acids is 1. The van der Waals surface area contributed by atoms with Crippen LogP contribution in [0, 0.1) is 5.82 Å². The molecule has 1 aliphatic heterocycles. The van der Waals surface area contributed by atoms with Crippen LogP contribution in [-0.2, 0) is 19.3 Å². The maximum absolute atomic E-state index is 14.7. The number of fused-ring (bicyclic) bond motifs is 1. The van der Waals surface area contributed by atoms with Crippen LogP contribution in [0.5, 0.6) is 11.5 Å². The number of benzene rings is 2. The summed E-state index contributed by atoms with van der Waals surface area (Å²) in [4.78, 5) is 30.5. The van der Waals surface area contributed by atoms with E-state index in [0.29, 0.717) is 35.5 Å². The van der Waals surface area contributed by atoms with Crippen molar-refractivity contribution in [1.29, 1.82) is 0 Å². The SMILES string of the molecule is COc1ccc(C(=O)Cc2cc(Cc3ncccc3-c3ncnc4c3N=CC4)ccc2F)cc1OC(F)(F)F. The van der Waals surface area contributed by atoms with Crippen molar-refractivity contribution in [2.45, 2.75) is 25.6 Å². The van der Waals surface area contributed by atoms with Crippen LogP contribution < -0.4 is 9.47 Å². The van der Waals surface area contributed by atoms with Gasteiger partial charge in [-0.1, -0.05) is 12.1 Å². The maximum Gasteiger partial charge on any atom is 0.573 e. The number of aromatic nitrogens is 3. The van der Waals surface area contributed by atoms with Gasteiger partial charge in [-0.05, 0) is 47.5 Å². The summed E-state index contributed by atoms with van der Waals surface area (Å²) in [6.45, 7) is 0. The molecule has 39 heavy (non-hydrogen) atoms. The third-order valence-electron chi connectivity index (χ3n) is 6.09. The number of aliphatic imine (C=N–C) groups is 1. The molecule has 0 fully saturated rings. The van der Waals surface area contributed by atoms with E-state index in [0.717, 1.165) is 17.3 Å². The Kier molecular flexibility index (Phi) is 7.05. The van der Waals surface area contributed by atoms with E-state index in [1.807, 2.05) is 6.07 Å². The van der Waals surface area contributed by atoms with E-state index < -0.39 is 23.7 Å². The van der Waals surface area contributed by atoms with Gasteiger partial charge in [-0.15, -0.1) is 13.2 Å². The predicted octanol–water partition coefficient (Wildman–Crippen LogP) is 5.86. The second kappa shape index (κ2) is 10.6. The van der Waals surface area contributed by atoms with E-state index in [9.17, 15) is 22.4 Å². The molecule has 2 aromatic carbocycles. The normalized spacial score (nSPS) is 12.3. The molecule has 0 bridgehead atoms. The summed E-state index contributed by atoms with van der Waals surface area (Å²) in [5.74, 6) is -2.05. The number of ether oxygens (including phenoxy) is 2. The van der Waals surface area contributed by atoms with Gasteiger partial charge < -0.3 is 9.47 Å². The average molecular weight is 536 g/mol. The van der Waals surface area contributed by atoms with E-state index in [-0.39, 0.29) is 23.3 Å². The third-order valence-corrected chi connectivity index (χ3v) is 6.09. The monoisotopic (exact) mass is 536 g/mol. The summed E-state index contributed by atoms with van der Waals surface area (Å²) in [7, 11) is 1.18. The first-order chi connectivity index (χ1) is 18.7. The molecule has 1 aliphatic rings. The second-order valence-electron chi connectivity index (χ2n) is 8.65. The molecule has 4 aromatic rings. The standard InChI is InChI=1S/C28H20F4N4O3/c1-38-24-7-5-17(14-25(24)39-28(30,31)32)23(37)13-18-11-16(4-6-20(18)29)12-22-19(3-2-9-33-22)26-27-21(8-10-34-27)35-15-36-26/h2-7,9-11,14-15H,8,12-13H2,1H3. The first kappa shape index (κ1) is 26.0. The number of rotatable bonds is 8. The highest BCUT2D eigenvalue weighted by molar-refractivity contribution is 5.98. The molecule has 0 spiro atoms. The van der Waals surface area contributed by atoms with Crippen molar-refractivity contribution in [2.24, 2.45) is 4.99 Å². The van der Waals surface area contributed by atoms with Crippen molar-refractivity contribution < 1.29 is 31.8 Å².